The monoisotopic (exact) mass is 477 g/mol. The zero-order chi connectivity index (χ0) is 22.5. The molecule has 1 heterocycles. The number of rotatable bonds is 10. The van der Waals surface area contributed by atoms with Crippen molar-refractivity contribution in [2.75, 3.05) is 22.9 Å². The number of aliphatic hydroxyl groups excluding tert-OH is 1. The van der Waals surface area contributed by atoms with Crippen molar-refractivity contribution in [3.63, 3.8) is 0 Å². The normalized spacial score (nSPS) is 13.9. The van der Waals surface area contributed by atoms with Gasteiger partial charge >= 0.3 is 0 Å². The number of halogens is 2. The van der Waals surface area contributed by atoms with Crippen molar-refractivity contribution in [3.8, 4) is 0 Å². The number of benzene rings is 1. The maximum Gasteiger partial charge on any atom is 0.242 e. The Kier molecular flexibility index (Phi) is 8.65. The summed E-state index contributed by atoms with van der Waals surface area (Å²) in [5.74, 6) is -0.169. The van der Waals surface area contributed by atoms with Gasteiger partial charge in [0.25, 0.3) is 0 Å². The molecule has 0 saturated carbocycles. The van der Waals surface area contributed by atoms with E-state index in [0.29, 0.717) is 22.9 Å². The minimum Gasteiger partial charge on any atom is -0.394 e. The van der Waals surface area contributed by atoms with Crippen LogP contribution in [0.2, 0.25) is 5.02 Å². The minimum absolute atomic E-state index is 0.108. The zero-order valence-corrected chi connectivity index (χ0v) is 19.4. The predicted octanol–water partition coefficient (Wildman–Crippen LogP) is 3.71. The number of aromatic nitrogens is 3. The van der Waals surface area contributed by atoms with Gasteiger partial charge in [0.15, 0.2) is 5.16 Å². The van der Waals surface area contributed by atoms with E-state index in [1.165, 1.54) is 18.2 Å². The first-order valence-corrected chi connectivity index (χ1v) is 12.3. The van der Waals surface area contributed by atoms with Gasteiger partial charge in [-0.1, -0.05) is 37.2 Å². The lowest BCUT2D eigenvalue weighted by Gasteiger charge is -2.19. The van der Waals surface area contributed by atoms with Crippen LogP contribution in [0.4, 0.5) is 16.3 Å². The minimum atomic E-state index is -3.62. The lowest BCUT2D eigenvalue weighted by atomic mass is 10.0. The van der Waals surface area contributed by atoms with Crippen LogP contribution in [0, 0.1) is 11.7 Å². The molecule has 8 nitrogen and oxygen atoms in total. The van der Waals surface area contributed by atoms with Gasteiger partial charge in [0, 0.05) is 15.8 Å². The van der Waals surface area contributed by atoms with Gasteiger partial charge in [-0.15, -0.1) is 0 Å². The summed E-state index contributed by atoms with van der Waals surface area (Å²) in [6.45, 7) is 5.63. The molecule has 1 aromatic heterocycles. The van der Waals surface area contributed by atoms with Crippen LogP contribution < -0.4 is 10.0 Å². The topological polar surface area (TPSA) is 117 Å². The van der Waals surface area contributed by atoms with E-state index < -0.39 is 21.1 Å². The molecule has 0 bridgehead atoms. The molecule has 0 fully saturated rings. The Morgan fingerprint density at radius 1 is 1.20 bits per heavy atom. The lowest BCUT2D eigenvalue weighted by Crippen LogP contribution is -2.27. The molecule has 2 aromatic rings. The molecular formula is C18H25ClFN5O3S2. The third kappa shape index (κ3) is 7.86. The maximum atomic E-state index is 14.2. The summed E-state index contributed by atoms with van der Waals surface area (Å²) in [4.78, 5) is 12.5. The number of aliphatic hydroxyl groups is 1. The summed E-state index contributed by atoms with van der Waals surface area (Å²) in [6, 6.07) is 3.94. The van der Waals surface area contributed by atoms with Crippen molar-refractivity contribution in [1.82, 2.24) is 15.0 Å². The highest BCUT2D eigenvalue weighted by atomic mass is 35.5. The van der Waals surface area contributed by atoms with Gasteiger partial charge < -0.3 is 10.4 Å². The first kappa shape index (κ1) is 24.6. The molecule has 2 atom stereocenters. The summed E-state index contributed by atoms with van der Waals surface area (Å²) >= 11 is 7.10. The first-order chi connectivity index (χ1) is 14.0. The molecule has 0 aliphatic rings. The number of hydrogen-bond donors (Lipinski definition) is 3. The summed E-state index contributed by atoms with van der Waals surface area (Å²) in [5.41, 5.74) is 0.369. The maximum absolute atomic E-state index is 14.2. The Morgan fingerprint density at radius 3 is 2.47 bits per heavy atom. The fraction of sp³-hybridized carbons (Fsp3) is 0.500. The molecule has 166 valence electrons. The van der Waals surface area contributed by atoms with Crippen molar-refractivity contribution in [1.29, 1.82) is 0 Å². The van der Waals surface area contributed by atoms with Crippen LogP contribution in [0.15, 0.2) is 23.4 Å². The van der Waals surface area contributed by atoms with E-state index in [1.807, 2.05) is 13.8 Å². The SMILES string of the molecule is CC(C)C[C@H](CO)Nc1nc(NS(C)(=O)=O)nc(S[C@@H](C)c2cc(Cl)ccc2F)n1. The van der Waals surface area contributed by atoms with E-state index >= 15 is 0 Å². The number of hydrogen-bond acceptors (Lipinski definition) is 8. The van der Waals surface area contributed by atoms with Crippen LogP contribution in [-0.2, 0) is 10.0 Å². The number of nitrogens with zero attached hydrogens (tertiary/aromatic N) is 3. The fourth-order valence-corrected chi connectivity index (χ4v) is 4.17. The zero-order valence-electron chi connectivity index (χ0n) is 17.1. The molecule has 0 saturated heterocycles. The quantitative estimate of drug-likeness (QED) is 0.443. The molecule has 2 rings (SSSR count). The fourth-order valence-electron chi connectivity index (χ4n) is 2.66. The molecule has 0 amide bonds. The summed E-state index contributed by atoms with van der Waals surface area (Å²) in [7, 11) is -3.62. The third-order valence-electron chi connectivity index (χ3n) is 3.88. The smallest absolute Gasteiger partial charge is 0.242 e. The number of sulfonamides is 1. The van der Waals surface area contributed by atoms with Gasteiger partial charge in [-0.25, -0.2) is 12.8 Å². The first-order valence-electron chi connectivity index (χ1n) is 9.19. The highest BCUT2D eigenvalue weighted by Crippen LogP contribution is 2.36. The van der Waals surface area contributed by atoms with Gasteiger partial charge in [0.05, 0.1) is 18.9 Å². The Hall–Kier alpha value is -1.69. The second kappa shape index (κ2) is 10.6. The molecule has 0 unspecified atom stereocenters. The van der Waals surface area contributed by atoms with Crippen molar-refractivity contribution < 1.29 is 17.9 Å². The predicted molar refractivity (Wildman–Crippen MR) is 118 cm³/mol. The van der Waals surface area contributed by atoms with E-state index in [1.54, 1.807) is 6.92 Å². The van der Waals surface area contributed by atoms with E-state index in [9.17, 15) is 17.9 Å². The van der Waals surface area contributed by atoms with Crippen LogP contribution in [0.5, 0.6) is 0 Å². The second-order valence-electron chi connectivity index (χ2n) is 7.22. The Morgan fingerprint density at radius 2 is 1.87 bits per heavy atom. The lowest BCUT2D eigenvalue weighted by molar-refractivity contribution is 0.259. The number of nitrogens with one attached hydrogen (secondary N) is 2. The van der Waals surface area contributed by atoms with Gasteiger partial charge in [-0.3, -0.25) is 4.72 Å². The van der Waals surface area contributed by atoms with E-state index in [-0.39, 0.29) is 29.7 Å². The molecule has 0 aliphatic carbocycles. The highest BCUT2D eigenvalue weighted by Gasteiger charge is 2.19. The molecule has 12 heteroatoms. The van der Waals surface area contributed by atoms with E-state index in [0.717, 1.165) is 18.0 Å². The Labute approximate surface area is 185 Å². The van der Waals surface area contributed by atoms with Crippen molar-refractivity contribution in [2.24, 2.45) is 5.92 Å². The van der Waals surface area contributed by atoms with Crippen LogP contribution in [-0.4, -0.2) is 47.4 Å². The average Bonchev–Trinajstić information content (AvgIpc) is 2.61. The number of anilines is 2. The third-order valence-corrected chi connectivity index (χ3v) is 5.67. The van der Waals surface area contributed by atoms with Crippen molar-refractivity contribution in [3.05, 3.63) is 34.6 Å². The largest absolute Gasteiger partial charge is 0.394 e. The molecule has 30 heavy (non-hydrogen) atoms. The second-order valence-corrected chi connectivity index (χ2v) is 10.7. The van der Waals surface area contributed by atoms with Gasteiger partial charge in [-0.2, -0.15) is 15.0 Å². The summed E-state index contributed by atoms with van der Waals surface area (Å²) < 4.78 is 39.7. The van der Waals surface area contributed by atoms with Crippen LogP contribution >= 0.6 is 23.4 Å². The summed E-state index contributed by atoms with van der Waals surface area (Å²) in [5, 5.41) is 12.8. The highest BCUT2D eigenvalue weighted by molar-refractivity contribution is 7.99. The van der Waals surface area contributed by atoms with E-state index in [2.05, 4.69) is 25.0 Å². The van der Waals surface area contributed by atoms with Gasteiger partial charge in [-0.05, 0) is 37.5 Å². The molecular weight excluding hydrogens is 453 g/mol. The molecule has 0 aliphatic heterocycles. The van der Waals surface area contributed by atoms with Crippen molar-refractivity contribution >= 4 is 45.3 Å². The molecule has 0 spiro atoms. The van der Waals surface area contributed by atoms with Gasteiger partial charge in [0.2, 0.25) is 21.9 Å². The van der Waals surface area contributed by atoms with Crippen LogP contribution in [0.25, 0.3) is 0 Å². The summed E-state index contributed by atoms with van der Waals surface area (Å²) in [6.07, 6.45) is 1.64. The van der Waals surface area contributed by atoms with Crippen LogP contribution in [0.3, 0.4) is 0 Å². The Bertz CT molecular complexity index is 978. The molecule has 1 aromatic carbocycles. The van der Waals surface area contributed by atoms with Gasteiger partial charge in [0.1, 0.15) is 5.82 Å². The molecule has 0 radical (unpaired) electrons. The molecule has 3 N–H and O–H groups in total. The van der Waals surface area contributed by atoms with E-state index in [4.69, 9.17) is 11.6 Å². The Balaban J connectivity index is 2.34. The average molecular weight is 478 g/mol. The van der Waals surface area contributed by atoms with Crippen LogP contribution in [0.1, 0.15) is 38.0 Å². The van der Waals surface area contributed by atoms with Crippen molar-refractivity contribution in [2.45, 2.75) is 43.6 Å². The standard InChI is InChI=1S/C18H25ClFN5O3S2/c1-10(2)7-13(9-26)21-16-22-17(25-30(4,27)28)24-18(23-16)29-11(3)14-8-12(19)5-6-15(14)20/h5-6,8,10-11,13,26H,7,9H2,1-4H3,(H2,21,22,23,24,25)/t11-,13+/m0/s1. The number of thioether (sulfide) groups is 1.